The Kier molecular flexibility index (Phi) is 3.08. The number of nitrogens with two attached hydrogens (primary N) is 1. The minimum Gasteiger partial charge on any atom is -0.456 e. The maximum absolute atomic E-state index is 12.0. The van der Waals surface area contributed by atoms with Crippen molar-refractivity contribution in [1.29, 1.82) is 0 Å². The van der Waals surface area contributed by atoms with Crippen molar-refractivity contribution in [1.82, 2.24) is 0 Å². The van der Waals surface area contributed by atoms with E-state index in [9.17, 15) is 4.79 Å². The highest BCUT2D eigenvalue weighted by Gasteiger charge is 2.36. The zero-order valence-corrected chi connectivity index (χ0v) is 10.5. The molecule has 0 radical (unpaired) electrons. The van der Waals surface area contributed by atoms with Crippen LogP contribution in [0.4, 0.5) is 0 Å². The predicted molar refractivity (Wildman–Crippen MR) is 68.9 cm³/mol. The van der Waals surface area contributed by atoms with E-state index in [0.29, 0.717) is 5.92 Å². The molecule has 0 bridgehead atoms. The summed E-state index contributed by atoms with van der Waals surface area (Å²) in [6, 6.07) is 7.81. The Hall–Kier alpha value is -1.35. The topological polar surface area (TPSA) is 52.3 Å². The Morgan fingerprint density at radius 3 is 2.83 bits per heavy atom. The van der Waals surface area contributed by atoms with E-state index in [1.54, 1.807) is 0 Å². The third kappa shape index (κ3) is 2.27. The molecule has 2 aliphatic carbocycles. The van der Waals surface area contributed by atoms with E-state index in [2.05, 4.69) is 12.1 Å². The van der Waals surface area contributed by atoms with Crippen LogP contribution in [0, 0.1) is 5.92 Å². The summed E-state index contributed by atoms with van der Waals surface area (Å²) in [5, 5.41) is 0. The van der Waals surface area contributed by atoms with Crippen LogP contribution in [0.1, 0.15) is 42.9 Å². The van der Waals surface area contributed by atoms with Crippen LogP contribution in [0.3, 0.4) is 0 Å². The first-order valence-corrected chi connectivity index (χ1v) is 6.79. The molecule has 1 aromatic carbocycles. The Morgan fingerprint density at radius 1 is 1.28 bits per heavy atom. The molecule has 1 fully saturated rings. The molecule has 2 atom stereocenters. The summed E-state index contributed by atoms with van der Waals surface area (Å²) in [6.45, 7) is 0. The zero-order chi connectivity index (χ0) is 12.5. The highest BCUT2D eigenvalue weighted by atomic mass is 16.5. The summed E-state index contributed by atoms with van der Waals surface area (Å²) >= 11 is 0. The largest absolute Gasteiger partial charge is 0.456 e. The molecule has 18 heavy (non-hydrogen) atoms. The van der Waals surface area contributed by atoms with Crippen molar-refractivity contribution in [2.24, 2.45) is 11.7 Å². The van der Waals surface area contributed by atoms with Gasteiger partial charge >= 0.3 is 5.97 Å². The second-order valence-corrected chi connectivity index (χ2v) is 5.38. The first kappa shape index (κ1) is 11.7. The van der Waals surface area contributed by atoms with E-state index < -0.39 is 6.04 Å². The number of rotatable bonds is 3. The summed E-state index contributed by atoms with van der Waals surface area (Å²) in [5.74, 6) is 0.135. The number of aryl methyl sites for hydroxylation is 1. The lowest BCUT2D eigenvalue weighted by Crippen LogP contribution is -2.35. The van der Waals surface area contributed by atoms with Gasteiger partial charge in [0.15, 0.2) is 0 Å². The van der Waals surface area contributed by atoms with Crippen LogP contribution >= 0.6 is 0 Å². The number of fused-ring (bicyclic) bond motifs is 1. The SMILES string of the molecule is NC(C(=O)OC1CCCc2ccccc21)C1CC1. The number of esters is 1. The Bertz CT molecular complexity index is 454. The molecule has 0 spiro atoms. The van der Waals surface area contributed by atoms with Gasteiger partial charge in [0.25, 0.3) is 0 Å². The molecule has 0 saturated heterocycles. The first-order chi connectivity index (χ1) is 8.75. The van der Waals surface area contributed by atoms with Crippen LogP contribution in [0.5, 0.6) is 0 Å². The van der Waals surface area contributed by atoms with E-state index in [4.69, 9.17) is 10.5 Å². The van der Waals surface area contributed by atoms with Crippen molar-refractivity contribution < 1.29 is 9.53 Å². The highest BCUT2D eigenvalue weighted by Crippen LogP contribution is 2.35. The Labute approximate surface area is 107 Å². The van der Waals surface area contributed by atoms with Crippen molar-refractivity contribution in [3.8, 4) is 0 Å². The lowest BCUT2D eigenvalue weighted by atomic mass is 9.89. The van der Waals surface area contributed by atoms with Crippen LogP contribution in [0.2, 0.25) is 0 Å². The van der Waals surface area contributed by atoms with Gasteiger partial charge in [-0.15, -0.1) is 0 Å². The van der Waals surface area contributed by atoms with E-state index >= 15 is 0 Å². The quantitative estimate of drug-likeness (QED) is 0.832. The maximum Gasteiger partial charge on any atom is 0.323 e. The van der Waals surface area contributed by atoms with Gasteiger partial charge < -0.3 is 10.5 Å². The van der Waals surface area contributed by atoms with Gasteiger partial charge in [-0.3, -0.25) is 4.79 Å². The number of hydrogen-bond donors (Lipinski definition) is 1. The van der Waals surface area contributed by atoms with Crippen LogP contribution < -0.4 is 5.73 Å². The van der Waals surface area contributed by atoms with E-state index in [1.165, 1.54) is 11.1 Å². The summed E-state index contributed by atoms with van der Waals surface area (Å²) in [6.07, 6.45) is 5.12. The van der Waals surface area contributed by atoms with Crippen LogP contribution in [0.25, 0.3) is 0 Å². The summed E-state index contributed by atoms with van der Waals surface area (Å²) < 4.78 is 5.62. The molecule has 0 aromatic heterocycles. The van der Waals surface area contributed by atoms with Gasteiger partial charge in [0.2, 0.25) is 0 Å². The van der Waals surface area contributed by atoms with Gasteiger partial charge in [-0.2, -0.15) is 0 Å². The van der Waals surface area contributed by atoms with Gasteiger partial charge in [0, 0.05) is 0 Å². The molecule has 2 unspecified atom stereocenters. The molecule has 3 rings (SSSR count). The zero-order valence-electron chi connectivity index (χ0n) is 10.5. The molecule has 1 saturated carbocycles. The monoisotopic (exact) mass is 245 g/mol. The number of carbonyl (C=O) groups is 1. The van der Waals surface area contributed by atoms with Crippen molar-refractivity contribution in [2.45, 2.75) is 44.2 Å². The van der Waals surface area contributed by atoms with Gasteiger partial charge in [0.05, 0.1) is 0 Å². The molecule has 2 N–H and O–H groups in total. The fourth-order valence-corrected chi connectivity index (χ4v) is 2.70. The number of ether oxygens (including phenoxy) is 1. The van der Waals surface area contributed by atoms with Crippen LogP contribution in [-0.2, 0) is 16.0 Å². The fraction of sp³-hybridized carbons (Fsp3) is 0.533. The normalized spacial score (nSPS) is 24.2. The Morgan fingerprint density at radius 2 is 2.06 bits per heavy atom. The molecule has 2 aliphatic rings. The lowest BCUT2D eigenvalue weighted by molar-refractivity contribution is -0.152. The van der Waals surface area contributed by atoms with Crippen molar-refractivity contribution >= 4 is 5.97 Å². The second-order valence-electron chi connectivity index (χ2n) is 5.38. The van der Waals surface area contributed by atoms with Gasteiger partial charge in [0.1, 0.15) is 12.1 Å². The lowest BCUT2D eigenvalue weighted by Gasteiger charge is -2.26. The Balaban J connectivity index is 1.72. The van der Waals surface area contributed by atoms with E-state index in [1.807, 2.05) is 12.1 Å². The molecular formula is C15H19NO2. The minimum absolute atomic E-state index is 0.0905. The predicted octanol–water partition coefficient (Wildman–Crippen LogP) is 2.34. The molecule has 0 heterocycles. The fourth-order valence-electron chi connectivity index (χ4n) is 2.70. The van der Waals surface area contributed by atoms with Crippen molar-refractivity contribution in [3.05, 3.63) is 35.4 Å². The molecular weight excluding hydrogens is 226 g/mol. The van der Waals surface area contributed by atoms with E-state index in [-0.39, 0.29) is 12.1 Å². The molecule has 3 heteroatoms. The average Bonchev–Trinajstić information content (AvgIpc) is 3.22. The maximum atomic E-state index is 12.0. The van der Waals surface area contributed by atoms with Crippen LogP contribution in [-0.4, -0.2) is 12.0 Å². The van der Waals surface area contributed by atoms with E-state index in [0.717, 1.165) is 32.1 Å². The number of hydrogen-bond acceptors (Lipinski definition) is 3. The molecule has 96 valence electrons. The first-order valence-electron chi connectivity index (χ1n) is 6.79. The molecule has 1 aromatic rings. The molecule has 0 aliphatic heterocycles. The molecule has 0 amide bonds. The molecule has 3 nitrogen and oxygen atoms in total. The smallest absolute Gasteiger partial charge is 0.323 e. The highest BCUT2D eigenvalue weighted by molar-refractivity contribution is 5.76. The summed E-state index contributed by atoms with van der Waals surface area (Å²) in [4.78, 5) is 12.0. The number of carbonyl (C=O) groups excluding carboxylic acids is 1. The third-order valence-corrected chi connectivity index (χ3v) is 3.97. The van der Waals surface area contributed by atoms with Crippen molar-refractivity contribution in [2.75, 3.05) is 0 Å². The van der Waals surface area contributed by atoms with Gasteiger partial charge in [-0.1, -0.05) is 24.3 Å². The third-order valence-electron chi connectivity index (χ3n) is 3.97. The minimum atomic E-state index is -0.418. The van der Waals surface area contributed by atoms with Gasteiger partial charge in [-0.25, -0.2) is 0 Å². The summed E-state index contributed by atoms with van der Waals surface area (Å²) in [7, 11) is 0. The standard InChI is InChI=1S/C15H19NO2/c16-14(11-8-9-11)15(17)18-13-7-3-5-10-4-1-2-6-12(10)13/h1-2,4,6,11,13-14H,3,5,7-9,16H2. The summed E-state index contributed by atoms with van der Waals surface area (Å²) in [5.41, 5.74) is 8.36. The second kappa shape index (κ2) is 4.73. The average molecular weight is 245 g/mol. The van der Waals surface area contributed by atoms with Gasteiger partial charge in [-0.05, 0) is 49.1 Å². The number of benzene rings is 1. The van der Waals surface area contributed by atoms with Crippen LogP contribution in [0.15, 0.2) is 24.3 Å². The van der Waals surface area contributed by atoms with Crippen molar-refractivity contribution in [3.63, 3.8) is 0 Å².